The molecule has 3 aromatic carbocycles. The molecule has 0 saturated carbocycles. The first-order valence-corrected chi connectivity index (χ1v) is 11.9. The van der Waals surface area contributed by atoms with E-state index in [1.807, 2.05) is 49.4 Å². The van der Waals surface area contributed by atoms with E-state index in [0.29, 0.717) is 29.1 Å². The summed E-state index contributed by atoms with van der Waals surface area (Å²) in [4.78, 5) is 13.2. The second kappa shape index (κ2) is 8.67. The fraction of sp³-hybridized carbons (Fsp3) is 0.240. The predicted molar refractivity (Wildman–Crippen MR) is 124 cm³/mol. The van der Waals surface area contributed by atoms with Crippen LogP contribution in [0.15, 0.2) is 71.6 Å². The Balaban J connectivity index is 1.67. The van der Waals surface area contributed by atoms with Crippen LogP contribution >= 0.6 is 0 Å². The van der Waals surface area contributed by atoms with Gasteiger partial charge in [-0.05, 0) is 49.6 Å². The maximum Gasteiger partial charge on any atom is 0.265 e. The summed E-state index contributed by atoms with van der Waals surface area (Å²) < 4.78 is 34.8. The number of benzene rings is 3. The van der Waals surface area contributed by atoms with Crippen molar-refractivity contribution in [2.45, 2.75) is 38.3 Å². The minimum Gasteiger partial charge on any atom is -0.476 e. The quantitative estimate of drug-likeness (QED) is 0.640. The van der Waals surface area contributed by atoms with Crippen LogP contribution in [0.2, 0.25) is 0 Å². The van der Waals surface area contributed by atoms with E-state index < -0.39 is 16.1 Å². The molecule has 0 saturated heterocycles. The molecule has 3 aromatic rings. The van der Waals surface area contributed by atoms with Crippen molar-refractivity contribution in [3.05, 3.63) is 89.0 Å². The highest BCUT2D eigenvalue weighted by molar-refractivity contribution is 7.93. The summed E-state index contributed by atoms with van der Waals surface area (Å²) in [7, 11) is -3.91. The van der Waals surface area contributed by atoms with Gasteiger partial charge in [-0.2, -0.15) is 0 Å². The molecular formula is C25H26N2O4S. The zero-order chi connectivity index (χ0) is 22.9. The summed E-state index contributed by atoms with van der Waals surface area (Å²) in [6.45, 7) is 5.76. The molecule has 1 heterocycles. The van der Waals surface area contributed by atoms with Crippen molar-refractivity contribution in [1.82, 2.24) is 5.32 Å². The highest BCUT2D eigenvalue weighted by atomic mass is 32.2. The number of fused-ring (bicyclic) bond motifs is 1. The van der Waals surface area contributed by atoms with Crippen LogP contribution in [0.5, 0.6) is 5.75 Å². The molecule has 32 heavy (non-hydrogen) atoms. The summed E-state index contributed by atoms with van der Waals surface area (Å²) >= 11 is 0. The van der Waals surface area contributed by atoms with Gasteiger partial charge in [0.1, 0.15) is 5.75 Å². The summed E-state index contributed by atoms with van der Waals surface area (Å²) in [5.41, 5.74) is 3.74. The fourth-order valence-electron chi connectivity index (χ4n) is 4.15. The summed E-state index contributed by atoms with van der Waals surface area (Å²) in [5, 5.41) is 2.86. The van der Waals surface area contributed by atoms with Crippen molar-refractivity contribution in [3.63, 3.8) is 0 Å². The van der Waals surface area contributed by atoms with Crippen LogP contribution in [-0.4, -0.2) is 27.0 Å². The molecule has 7 heteroatoms. The number of ether oxygens (including phenoxy) is 1. The van der Waals surface area contributed by atoms with Crippen molar-refractivity contribution < 1.29 is 17.9 Å². The molecule has 4 rings (SSSR count). The molecule has 0 bridgehead atoms. The molecule has 1 amide bonds. The van der Waals surface area contributed by atoms with E-state index in [0.717, 1.165) is 11.1 Å². The fourth-order valence-corrected chi connectivity index (χ4v) is 6.04. The van der Waals surface area contributed by atoms with Crippen LogP contribution in [0.1, 0.15) is 22.3 Å². The number of aryl methyl sites for hydroxylation is 3. The van der Waals surface area contributed by atoms with Crippen LogP contribution in [0.25, 0.3) is 0 Å². The molecule has 1 aliphatic rings. The van der Waals surface area contributed by atoms with Crippen LogP contribution in [0, 0.1) is 20.8 Å². The van der Waals surface area contributed by atoms with Gasteiger partial charge in [-0.1, -0.05) is 60.2 Å². The Morgan fingerprint density at radius 3 is 2.31 bits per heavy atom. The lowest BCUT2D eigenvalue weighted by Crippen LogP contribution is -2.50. The third-order valence-corrected chi connectivity index (χ3v) is 7.58. The Bertz CT molecular complexity index is 1230. The van der Waals surface area contributed by atoms with Gasteiger partial charge in [0.25, 0.3) is 15.9 Å². The highest BCUT2D eigenvalue weighted by Crippen LogP contribution is 2.38. The number of nitrogens with zero attached hydrogens (tertiary/aromatic N) is 1. The standard InChI is InChI=1S/C25H26N2O4S/c1-17-13-18(2)24(19(3)14-17)32(29,30)27-16-23(31-22-12-8-7-11-21(22)27)25(28)26-15-20-9-5-4-6-10-20/h4-14,23H,15-16H2,1-3H3,(H,26,28). The molecule has 6 nitrogen and oxygen atoms in total. The lowest BCUT2D eigenvalue weighted by atomic mass is 10.1. The van der Waals surface area contributed by atoms with E-state index in [9.17, 15) is 13.2 Å². The van der Waals surface area contributed by atoms with Crippen LogP contribution < -0.4 is 14.4 Å². The topological polar surface area (TPSA) is 75.7 Å². The number of nitrogens with one attached hydrogen (secondary N) is 1. The van der Waals surface area contributed by atoms with E-state index in [4.69, 9.17) is 4.74 Å². The second-order valence-corrected chi connectivity index (χ2v) is 9.84. The van der Waals surface area contributed by atoms with E-state index >= 15 is 0 Å². The van der Waals surface area contributed by atoms with Gasteiger partial charge in [0.2, 0.25) is 0 Å². The van der Waals surface area contributed by atoms with Gasteiger partial charge in [0.15, 0.2) is 6.10 Å². The normalized spacial score (nSPS) is 15.6. The number of hydrogen-bond acceptors (Lipinski definition) is 4. The number of carbonyl (C=O) groups is 1. The summed E-state index contributed by atoms with van der Waals surface area (Å²) in [5.74, 6) is 0.00510. The zero-order valence-corrected chi connectivity index (χ0v) is 19.1. The lowest BCUT2D eigenvalue weighted by Gasteiger charge is -2.35. The van der Waals surface area contributed by atoms with E-state index in [-0.39, 0.29) is 17.3 Å². The monoisotopic (exact) mass is 450 g/mol. The van der Waals surface area contributed by atoms with Crippen molar-refractivity contribution in [2.24, 2.45) is 0 Å². The smallest absolute Gasteiger partial charge is 0.265 e. The van der Waals surface area contributed by atoms with Gasteiger partial charge in [0.05, 0.1) is 17.1 Å². The van der Waals surface area contributed by atoms with E-state index in [1.165, 1.54) is 4.31 Å². The van der Waals surface area contributed by atoms with Gasteiger partial charge in [-0.3, -0.25) is 9.10 Å². The molecule has 166 valence electrons. The molecule has 0 aliphatic carbocycles. The molecule has 0 radical (unpaired) electrons. The molecule has 1 aliphatic heterocycles. The predicted octanol–water partition coefficient (Wildman–Crippen LogP) is 3.88. The van der Waals surface area contributed by atoms with Crippen LogP contribution in [-0.2, 0) is 21.4 Å². The summed E-state index contributed by atoms with van der Waals surface area (Å²) in [6, 6.07) is 20.1. The average Bonchev–Trinajstić information content (AvgIpc) is 2.76. The second-order valence-electron chi connectivity index (χ2n) is 8.04. The number of anilines is 1. The van der Waals surface area contributed by atoms with Crippen molar-refractivity contribution in [3.8, 4) is 5.75 Å². The highest BCUT2D eigenvalue weighted by Gasteiger charge is 2.38. The number of carbonyl (C=O) groups excluding carboxylic acids is 1. The minimum atomic E-state index is -3.91. The zero-order valence-electron chi connectivity index (χ0n) is 18.3. The molecule has 1 unspecified atom stereocenters. The molecule has 0 spiro atoms. The Kier molecular flexibility index (Phi) is 5.93. The number of hydrogen-bond donors (Lipinski definition) is 1. The maximum absolute atomic E-state index is 13.8. The van der Waals surface area contributed by atoms with E-state index in [2.05, 4.69) is 5.32 Å². The van der Waals surface area contributed by atoms with Gasteiger partial charge < -0.3 is 10.1 Å². The number of para-hydroxylation sites is 2. The number of rotatable bonds is 5. The van der Waals surface area contributed by atoms with Gasteiger partial charge in [-0.25, -0.2) is 8.42 Å². The Morgan fingerprint density at radius 1 is 1.00 bits per heavy atom. The largest absolute Gasteiger partial charge is 0.476 e. The minimum absolute atomic E-state index is 0.104. The summed E-state index contributed by atoms with van der Waals surface area (Å²) in [6.07, 6.45) is -0.963. The Hall–Kier alpha value is -3.32. The third kappa shape index (κ3) is 4.21. The van der Waals surface area contributed by atoms with Crippen molar-refractivity contribution in [1.29, 1.82) is 0 Å². The molecule has 0 aromatic heterocycles. The molecule has 0 fully saturated rings. The third-order valence-electron chi connectivity index (χ3n) is 5.49. The van der Waals surface area contributed by atoms with Crippen LogP contribution in [0.4, 0.5) is 5.69 Å². The molecular weight excluding hydrogens is 424 g/mol. The first-order chi connectivity index (χ1) is 15.3. The first kappa shape index (κ1) is 21.9. The molecule has 1 N–H and O–H groups in total. The number of sulfonamides is 1. The Morgan fingerprint density at radius 2 is 1.62 bits per heavy atom. The SMILES string of the molecule is Cc1cc(C)c(S(=O)(=O)N2CC(C(=O)NCc3ccccc3)Oc3ccccc32)c(C)c1. The van der Waals surface area contributed by atoms with Gasteiger partial charge in [0, 0.05) is 6.54 Å². The van der Waals surface area contributed by atoms with Crippen LogP contribution in [0.3, 0.4) is 0 Å². The van der Waals surface area contributed by atoms with Gasteiger partial charge >= 0.3 is 0 Å². The average molecular weight is 451 g/mol. The van der Waals surface area contributed by atoms with E-state index in [1.54, 1.807) is 38.1 Å². The van der Waals surface area contributed by atoms with Gasteiger partial charge in [-0.15, -0.1) is 0 Å². The Labute approximate surface area is 188 Å². The number of amides is 1. The van der Waals surface area contributed by atoms with Crippen molar-refractivity contribution in [2.75, 3.05) is 10.8 Å². The molecule has 1 atom stereocenters. The first-order valence-electron chi connectivity index (χ1n) is 10.5. The van der Waals surface area contributed by atoms with Crippen molar-refractivity contribution >= 4 is 21.6 Å². The lowest BCUT2D eigenvalue weighted by molar-refractivity contribution is -0.127. The maximum atomic E-state index is 13.8.